The highest BCUT2D eigenvalue weighted by Gasteiger charge is 2.16. The van der Waals surface area contributed by atoms with Crippen LogP contribution in [0.2, 0.25) is 0 Å². The van der Waals surface area contributed by atoms with Gasteiger partial charge in [-0.3, -0.25) is 9.59 Å². The van der Waals surface area contributed by atoms with E-state index in [1.54, 1.807) is 6.92 Å². The molecule has 6 heteroatoms. The fraction of sp³-hybridized carbons (Fsp3) is 0.500. The van der Waals surface area contributed by atoms with Gasteiger partial charge in [0.15, 0.2) is 0 Å². The van der Waals surface area contributed by atoms with Gasteiger partial charge in [0.2, 0.25) is 0 Å². The van der Waals surface area contributed by atoms with E-state index in [0.717, 1.165) is 0 Å². The summed E-state index contributed by atoms with van der Waals surface area (Å²) in [4.78, 5) is 30.5. The molecule has 1 aromatic heterocycles. The van der Waals surface area contributed by atoms with Gasteiger partial charge in [0.25, 0.3) is 5.91 Å². The fourth-order valence-electron chi connectivity index (χ4n) is 1.48. The third-order valence-corrected chi connectivity index (χ3v) is 2.35. The fourth-order valence-corrected chi connectivity index (χ4v) is 1.48. The lowest BCUT2D eigenvalue weighted by atomic mass is 10.0. The first-order chi connectivity index (χ1) is 8.41. The molecule has 98 valence electrons. The van der Waals surface area contributed by atoms with Crippen LogP contribution in [0.25, 0.3) is 0 Å². The van der Waals surface area contributed by atoms with E-state index in [9.17, 15) is 9.59 Å². The maximum absolute atomic E-state index is 11.9. The SMILES string of the molecule is Cc1ncc(C(=O)NCCC(=O)O)c(C(C)C)n1. The Morgan fingerprint density at radius 3 is 2.67 bits per heavy atom. The molecule has 0 saturated heterocycles. The molecule has 0 aliphatic rings. The molecule has 1 amide bonds. The number of hydrogen-bond acceptors (Lipinski definition) is 4. The highest BCUT2D eigenvalue weighted by Crippen LogP contribution is 2.16. The van der Waals surface area contributed by atoms with E-state index in [1.165, 1.54) is 6.20 Å². The molecule has 1 aromatic rings. The lowest BCUT2D eigenvalue weighted by molar-refractivity contribution is -0.136. The van der Waals surface area contributed by atoms with Crippen LogP contribution in [0.3, 0.4) is 0 Å². The second-order valence-corrected chi connectivity index (χ2v) is 4.27. The summed E-state index contributed by atoms with van der Waals surface area (Å²) in [5.41, 5.74) is 1.08. The first-order valence-corrected chi connectivity index (χ1v) is 5.75. The molecule has 0 spiro atoms. The maximum Gasteiger partial charge on any atom is 0.305 e. The molecule has 0 unspecified atom stereocenters. The summed E-state index contributed by atoms with van der Waals surface area (Å²) in [6, 6.07) is 0. The Hall–Kier alpha value is -1.98. The summed E-state index contributed by atoms with van der Waals surface area (Å²) >= 11 is 0. The monoisotopic (exact) mass is 251 g/mol. The molecule has 0 aliphatic carbocycles. The van der Waals surface area contributed by atoms with Crippen molar-refractivity contribution in [2.24, 2.45) is 0 Å². The molecule has 0 saturated carbocycles. The molecule has 0 aromatic carbocycles. The summed E-state index contributed by atoms with van der Waals surface area (Å²) in [7, 11) is 0. The van der Waals surface area contributed by atoms with E-state index in [0.29, 0.717) is 17.1 Å². The number of aryl methyl sites for hydroxylation is 1. The van der Waals surface area contributed by atoms with Gasteiger partial charge in [0.05, 0.1) is 17.7 Å². The van der Waals surface area contributed by atoms with Crippen LogP contribution in [0.1, 0.15) is 48.1 Å². The van der Waals surface area contributed by atoms with Crippen molar-refractivity contribution in [3.63, 3.8) is 0 Å². The van der Waals surface area contributed by atoms with Crippen LogP contribution >= 0.6 is 0 Å². The second-order valence-electron chi connectivity index (χ2n) is 4.27. The van der Waals surface area contributed by atoms with Crippen molar-refractivity contribution < 1.29 is 14.7 Å². The van der Waals surface area contributed by atoms with Gasteiger partial charge in [-0.1, -0.05) is 13.8 Å². The minimum atomic E-state index is -0.945. The number of aromatic nitrogens is 2. The molecular formula is C12H17N3O3. The molecular weight excluding hydrogens is 234 g/mol. The average molecular weight is 251 g/mol. The van der Waals surface area contributed by atoms with Crippen molar-refractivity contribution in [2.75, 3.05) is 6.54 Å². The minimum Gasteiger partial charge on any atom is -0.481 e. The predicted molar refractivity (Wildman–Crippen MR) is 65.4 cm³/mol. The van der Waals surface area contributed by atoms with Crippen molar-refractivity contribution in [2.45, 2.75) is 33.1 Å². The molecule has 0 aliphatic heterocycles. The lowest BCUT2D eigenvalue weighted by Gasteiger charge is -2.11. The van der Waals surface area contributed by atoms with Gasteiger partial charge < -0.3 is 10.4 Å². The van der Waals surface area contributed by atoms with Crippen LogP contribution < -0.4 is 5.32 Å². The standard InChI is InChI=1S/C12H17N3O3/c1-7(2)11-9(6-14-8(3)15-11)12(18)13-5-4-10(16)17/h6-7H,4-5H2,1-3H3,(H,13,18)(H,16,17). The molecule has 0 radical (unpaired) electrons. The summed E-state index contributed by atoms with van der Waals surface area (Å²) in [5.74, 6) is -0.563. The zero-order valence-corrected chi connectivity index (χ0v) is 10.7. The Balaban J connectivity index is 2.82. The number of amides is 1. The molecule has 6 nitrogen and oxygen atoms in total. The van der Waals surface area contributed by atoms with Gasteiger partial charge in [-0.25, -0.2) is 9.97 Å². The van der Waals surface area contributed by atoms with Gasteiger partial charge >= 0.3 is 5.97 Å². The summed E-state index contributed by atoms with van der Waals surface area (Å²) < 4.78 is 0. The van der Waals surface area contributed by atoms with Crippen LogP contribution in [0, 0.1) is 6.92 Å². The average Bonchev–Trinajstić information content (AvgIpc) is 2.28. The number of nitrogens with zero attached hydrogens (tertiary/aromatic N) is 2. The number of rotatable bonds is 5. The van der Waals surface area contributed by atoms with Gasteiger partial charge in [-0.15, -0.1) is 0 Å². The topological polar surface area (TPSA) is 92.2 Å². The molecule has 18 heavy (non-hydrogen) atoms. The number of carboxylic acids is 1. The number of aliphatic carboxylic acids is 1. The second kappa shape index (κ2) is 6.09. The van der Waals surface area contributed by atoms with Gasteiger partial charge in [-0.05, 0) is 12.8 Å². The van der Waals surface area contributed by atoms with Crippen LogP contribution in [-0.2, 0) is 4.79 Å². The quantitative estimate of drug-likeness (QED) is 0.817. The van der Waals surface area contributed by atoms with E-state index in [2.05, 4.69) is 15.3 Å². The Kier molecular flexibility index (Phi) is 4.76. The zero-order valence-electron chi connectivity index (χ0n) is 10.7. The molecule has 0 atom stereocenters. The molecule has 2 N–H and O–H groups in total. The van der Waals surface area contributed by atoms with E-state index in [-0.39, 0.29) is 24.8 Å². The van der Waals surface area contributed by atoms with E-state index in [1.807, 2.05) is 13.8 Å². The number of carbonyl (C=O) groups excluding carboxylic acids is 1. The van der Waals surface area contributed by atoms with Crippen molar-refractivity contribution in [3.8, 4) is 0 Å². The van der Waals surface area contributed by atoms with Crippen molar-refractivity contribution in [3.05, 3.63) is 23.3 Å². The Morgan fingerprint density at radius 1 is 1.44 bits per heavy atom. The number of carboxylic acid groups (broad SMARTS) is 1. The first kappa shape index (κ1) is 14.1. The molecule has 0 fully saturated rings. The molecule has 1 rings (SSSR count). The van der Waals surface area contributed by atoms with Gasteiger partial charge in [0, 0.05) is 12.7 Å². The molecule has 1 heterocycles. The predicted octanol–water partition coefficient (Wildman–Crippen LogP) is 1.11. The van der Waals surface area contributed by atoms with Gasteiger partial charge in [-0.2, -0.15) is 0 Å². The molecule has 0 bridgehead atoms. The van der Waals surface area contributed by atoms with E-state index in [4.69, 9.17) is 5.11 Å². The van der Waals surface area contributed by atoms with Gasteiger partial charge in [0.1, 0.15) is 5.82 Å². The van der Waals surface area contributed by atoms with Crippen LogP contribution in [0.5, 0.6) is 0 Å². The minimum absolute atomic E-state index is 0.0968. The van der Waals surface area contributed by atoms with E-state index < -0.39 is 5.97 Å². The van der Waals surface area contributed by atoms with Crippen LogP contribution in [0.4, 0.5) is 0 Å². The smallest absolute Gasteiger partial charge is 0.305 e. The highest BCUT2D eigenvalue weighted by molar-refractivity contribution is 5.95. The maximum atomic E-state index is 11.9. The number of hydrogen-bond donors (Lipinski definition) is 2. The summed E-state index contributed by atoms with van der Waals surface area (Å²) in [6.07, 6.45) is 1.38. The third-order valence-electron chi connectivity index (χ3n) is 2.35. The Morgan fingerprint density at radius 2 is 2.11 bits per heavy atom. The summed E-state index contributed by atoms with van der Waals surface area (Å²) in [5, 5.41) is 11.0. The van der Waals surface area contributed by atoms with Crippen molar-refractivity contribution in [1.29, 1.82) is 0 Å². The van der Waals surface area contributed by atoms with Crippen molar-refractivity contribution >= 4 is 11.9 Å². The van der Waals surface area contributed by atoms with Crippen LogP contribution in [-0.4, -0.2) is 33.5 Å². The number of nitrogens with one attached hydrogen (secondary N) is 1. The van der Waals surface area contributed by atoms with E-state index >= 15 is 0 Å². The highest BCUT2D eigenvalue weighted by atomic mass is 16.4. The summed E-state index contributed by atoms with van der Waals surface area (Å²) in [6.45, 7) is 5.74. The first-order valence-electron chi connectivity index (χ1n) is 5.75. The zero-order chi connectivity index (χ0) is 13.7. The van der Waals surface area contributed by atoms with Crippen molar-refractivity contribution in [1.82, 2.24) is 15.3 Å². The lowest BCUT2D eigenvalue weighted by Crippen LogP contribution is -2.27. The largest absolute Gasteiger partial charge is 0.481 e. The Bertz CT molecular complexity index is 458. The van der Waals surface area contributed by atoms with Crippen LogP contribution in [0.15, 0.2) is 6.20 Å². The normalized spacial score (nSPS) is 10.4. The third kappa shape index (κ3) is 3.80. The number of carbonyl (C=O) groups is 2. The Labute approximate surface area is 105 Å².